The molecule has 0 bridgehead atoms. The monoisotopic (exact) mass is 311 g/mol. The maximum atomic E-state index is 12.4. The van der Waals surface area contributed by atoms with E-state index in [1.54, 1.807) is 30.5 Å². The van der Waals surface area contributed by atoms with Crippen LogP contribution in [0.15, 0.2) is 47.5 Å². The predicted molar refractivity (Wildman–Crippen MR) is 73.7 cm³/mol. The summed E-state index contributed by atoms with van der Waals surface area (Å²) in [7, 11) is 0. The summed E-state index contributed by atoms with van der Waals surface area (Å²) in [6.07, 6.45) is 1.57. The number of ether oxygens (including phenoxy) is 1. The van der Waals surface area contributed by atoms with Gasteiger partial charge in [-0.1, -0.05) is 23.9 Å². The quantitative estimate of drug-likeness (QED) is 0.505. The predicted octanol–water partition coefficient (Wildman–Crippen LogP) is 3.37. The minimum atomic E-state index is -2.64. The lowest BCUT2D eigenvalue weighted by molar-refractivity contribution is 0.0470. The fourth-order valence-corrected chi connectivity index (χ4v) is 2.25. The van der Waals surface area contributed by atoms with E-state index in [1.165, 1.54) is 12.1 Å². The van der Waals surface area contributed by atoms with Crippen molar-refractivity contribution in [3.05, 3.63) is 53.9 Å². The molecular weight excluding hydrogens is 300 g/mol. The van der Waals surface area contributed by atoms with Crippen LogP contribution in [0.3, 0.4) is 0 Å². The number of aromatic amines is 1. The summed E-state index contributed by atoms with van der Waals surface area (Å²) in [5.41, 5.74) is 0.333. The number of nitrogens with one attached hydrogen (secondary N) is 1. The molecule has 4 nitrogen and oxygen atoms in total. The number of aromatic nitrogens is 1. The molecule has 7 heteroatoms. The molecule has 0 aliphatic heterocycles. The Hall–Kier alpha value is -2.15. The number of esters is 1. The van der Waals surface area contributed by atoms with Crippen LogP contribution in [0.25, 0.3) is 0 Å². The number of H-pyrrole nitrogens is 1. The van der Waals surface area contributed by atoms with E-state index < -0.39 is 24.1 Å². The molecule has 0 spiro atoms. The number of hydrogen-bond acceptors (Lipinski definition) is 4. The molecule has 110 valence electrons. The normalized spacial score (nSPS) is 10.6. The zero-order valence-corrected chi connectivity index (χ0v) is 11.5. The molecule has 0 amide bonds. The van der Waals surface area contributed by atoms with E-state index in [0.717, 1.165) is 0 Å². The van der Waals surface area contributed by atoms with Gasteiger partial charge in [-0.2, -0.15) is 8.78 Å². The molecule has 1 aromatic heterocycles. The highest BCUT2D eigenvalue weighted by atomic mass is 32.2. The third kappa shape index (κ3) is 4.16. The zero-order valence-electron chi connectivity index (χ0n) is 10.7. The first-order valence-electron chi connectivity index (χ1n) is 5.95. The van der Waals surface area contributed by atoms with Crippen molar-refractivity contribution in [2.24, 2.45) is 0 Å². The maximum absolute atomic E-state index is 12.4. The number of alkyl halides is 2. The molecule has 0 saturated carbocycles. The number of carbonyl (C=O) groups excluding carboxylic acids is 2. The molecular formula is C14H11F2NO3S. The number of thioether (sulfide) groups is 1. The van der Waals surface area contributed by atoms with E-state index in [2.05, 4.69) is 4.98 Å². The van der Waals surface area contributed by atoms with Gasteiger partial charge in [-0.25, -0.2) is 4.79 Å². The third-order valence-electron chi connectivity index (χ3n) is 2.56. The van der Waals surface area contributed by atoms with Gasteiger partial charge in [0.1, 0.15) is 0 Å². The molecule has 2 aromatic rings. The van der Waals surface area contributed by atoms with Gasteiger partial charge in [0, 0.05) is 11.1 Å². The van der Waals surface area contributed by atoms with Gasteiger partial charge >= 0.3 is 5.97 Å². The molecule has 0 fully saturated rings. The number of carbonyl (C=O) groups is 2. The van der Waals surface area contributed by atoms with Crippen LogP contribution < -0.4 is 0 Å². The van der Waals surface area contributed by atoms with Crippen molar-refractivity contribution in [1.82, 2.24) is 4.98 Å². The Bertz CT molecular complexity index is 629. The van der Waals surface area contributed by atoms with Crippen LogP contribution in [0.4, 0.5) is 8.78 Å². The molecule has 0 aliphatic carbocycles. The van der Waals surface area contributed by atoms with E-state index in [9.17, 15) is 18.4 Å². The minimum absolute atomic E-state index is 0.0158. The summed E-state index contributed by atoms with van der Waals surface area (Å²) in [4.78, 5) is 26.4. The van der Waals surface area contributed by atoms with Gasteiger partial charge in [0.2, 0.25) is 5.78 Å². The van der Waals surface area contributed by atoms with E-state index >= 15 is 0 Å². The fourth-order valence-electron chi connectivity index (χ4n) is 1.62. The highest BCUT2D eigenvalue weighted by molar-refractivity contribution is 7.99. The maximum Gasteiger partial charge on any atom is 0.339 e. The Morgan fingerprint density at radius 2 is 1.95 bits per heavy atom. The number of Topliss-reactive ketones (excluding diaryl/α,β-unsaturated/α-hetero) is 1. The summed E-state index contributed by atoms with van der Waals surface area (Å²) in [6.45, 7) is -0.451. The van der Waals surface area contributed by atoms with Gasteiger partial charge in [0.15, 0.2) is 6.61 Å². The lowest BCUT2D eigenvalue weighted by Gasteiger charge is -2.08. The molecule has 0 unspecified atom stereocenters. The van der Waals surface area contributed by atoms with Crippen molar-refractivity contribution in [2.75, 3.05) is 6.61 Å². The van der Waals surface area contributed by atoms with Crippen LogP contribution in [0.5, 0.6) is 0 Å². The zero-order chi connectivity index (χ0) is 15.2. The van der Waals surface area contributed by atoms with Crippen LogP contribution >= 0.6 is 11.8 Å². The molecule has 1 N–H and O–H groups in total. The summed E-state index contributed by atoms with van der Waals surface area (Å²) in [6, 6.07) is 9.07. The second-order valence-corrected chi connectivity index (χ2v) is 4.99. The minimum Gasteiger partial charge on any atom is -0.454 e. The average Bonchev–Trinajstić information content (AvgIpc) is 2.98. The van der Waals surface area contributed by atoms with Crippen molar-refractivity contribution in [1.29, 1.82) is 0 Å². The Labute approximate surface area is 123 Å². The lowest BCUT2D eigenvalue weighted by Crippen LogP contribution is -2.15. The Kier molecular flexibility index (Phi) is 5.10. The Balaban J connectivity index is 2.02. The first-order valence-corrected chi connectivity index (χ1v) is 6.83. The molecule has 2 rings (SSSR count). The molecule has 1 heterocycles. The summed E-state index contributed by atoms with van der Waals surface area (Å²) < 4.78 is 29.7. The third-order valence-corrected chi connectivity index (χ3v) is 3.34. The highest BCUT2D eigenvalue weighted by Crippen LogP contribution is 2.28. The number of benzene rings is 1. The SMILES string of the molecule is O=C(COC(=O)c1ccccc1SC(F)F)c1ccc[nH]1. The van der Waals surface area contributed by atoms with Crippen molar-refractivity contribution in [2.45, 2.75) is 10.7 Å². The van der Waals surface area contributed by atoms with E-state index in [0.29, 0.717) is 5.69 Å². The van der Waals surface area contributed by atoms with Gasteiger partial charge < -0.3 is 9.72 Å². The Morgan fingerprint density at radius 3 is 2.62 bits per heavy atom. The van der Waals surface area contributed by atoms with Crippen molar-refractivity contribution < 1.29 is 23.1 Å². The van der Waals surface area contributed by atoms with Crippen LogP contribution in [0.2, 0.25) is 0 Å². The summed E-state index contributed by atoms with van der Waals surface area (Å²) in [5.74, 6) is -3.84. The van der Waals surface area contributed by atoms with Crippen molar-refractivity contribution in [3.63, 3.8) is 0 Å². The van der Waals surface area contributed by atoms with Gasteiger partial charge in [-0.15, -0.1) is 0 Å². The van der Waals surface area contributed by atoms with Crippen molar-refractivity contribution in [3.8, 4) is 0 Å². The molecule has 0 aliphatic rings. The first kappa shape index (κ1) is 15.2. The topological polar surface area (TPSA) is 59.2 Å². The van der Waals surface area contributed by atoms with Crippen LogP contribution in [0.1, 0.15) is 20.8 Å². The van der Waals surface area contributed by atoms with Gasteiger partial charge in [-0.3, -0.25) is 4.79 Å². The van der Waals surface area contributed by atoms with Crippen LogP contribution in [-0.4, -0.2) is 29.1 Å². The summed E-state index contributed by atoms with van der Waals surface area (Å²) in [5, 5.41) is 0. The van der Waals surface area contributed by atoms with Gasteiger partial charge in [-0.05, 0) is 24.3 Å². The highest BCUT2D eigenvalue weighted by Gasteiger charge is 2.17. The fraction of sp³-hybridized carbons (Fsp3) is 0.143. The van der Waals surface area contributed by atoms with Crippen LogP contribution in [0, 0.1) is 0 Å². The smallest absolute Gasteiger partial charge is 0.339 e. The molecule has 0 radical (unpaired) electrons. The largest absolute Gasteiger partial charge is 0.454 e. The Morgan fingerprint density at radius 1 is 1.19 bits per heavy atom. The van der Waals surface area contributed by atoms with E-state index in [4.69, 9.17) is 4.74 Å². The standard InChI is InChI=1S/C14H11F2NO3S/c15-14(16)21-12-6-2-1-4-9(12)13(19)20-8-11(18)10-5-3-7-17-10/h1-7,14,17H,8H2. The number of halogens is 2. The molecule has 0 atom stereocenters. The van der Waals surface area contributed by atoms with Crippen LogP contribution in [-0.2, 0) is 4.74 Å². The second-order valence-electron chi connectivity index (χ2n) is 3.96. The number of hydrogen-bond donors (Lipinski definition) is 1. The molecule has 0 saturated heterocycles. The molecule has 21 heavy (non-hydrogen) atoms. The lowest BCUT2D eigenvalue weighted by atomic mass is 10.2. The summed E-state index contributed by atoms with van der Waals surface area (Å²) >= 11 is 0.260. The second kappa shape index (κ2) is 7.03. The van der Waals surface area contributed by atoms with Crippen molar-refractivity contribution >= 4 is 23.5 Å². The van der Waals surface area contributed by atoms with E-state index in [1.807, 2.05) is 0 Å². The van der Waals surface area contributed by atoms with Gasteiger partial charge in [0.05, 0.1) is 11.3 Å². The number of ketones is 1. The van der Waals surface area contributed by atoms with Gasteiger partial charge in [0.25, 0.3) is 5.76 Å². The average molecular weight is 311 g/mol. The van der Waals surface area contributed by atoms with E-state index in [-0.39, 0.29) is 22.2 Å². The first-order chi connectivity index (χ1) is 10.1. The number of rotatable bonds is 6. The molecule has 1 aromatic carbocycles.